The van der Waals surface area contributed by atoms with Gasteiger partial charge in [0.15, 0.2) is 11.4 Å². The van der Waals surface area contributed by atoms with Gasteiger partial charge in [-0.1, -0.05) is 13.3 Å². The molecule has 4 unspecified atom stereocenters. The Hall–Kier alpha value is -2.04. The van der Waals surface area contributed by atoms with Gasteiger partial charge in [0.25, 0.3) is 5.91 Å². The Kier molecular flexibility index (Phi) is 4.63. The molecule has 1 amide bonds. The van der Waals surface area contributed by atoms with Crippen LogP contribution in [0.5, 0.6) is 5.75 Å². The summed E-state index contributed by atoms with van der Waals surface area (Å²) >= 11 is 0. The van der Waals surface area contributed by atoms with E-state index in [2.05, 4.69) is 12.2 Å². The summed E-state index contributed by atoms with van der Waals surface area (Å²) in [5.41, 5.74) is 2.21. The number of hydrogen-bond donors (Lipinski definition) is 1. The first kappa shape index (κ1) is 17.4. The summed E-state index contributed by atoms with van der Waals surface area (Å²) in [5, 5.41) is 3.29. The van der Waals surface area contributed by atoms with Crippen molar-refractivity contribution in [1.82, 2.24) is 14.7 Å². The fourth-order valence-electron chi connectivity index (χ4n) is 5.13. The van der Waals surface area contributed by atoms with Gasteiger partial charge in [0.1, 0.15) is 5.69 Å². The lowest BCUT2D eigenvalue weighted by Crippen LogP contribution is -2.40. The highest BCUT2D eigenvalue weighted by Crippen LogP contribution is 2.49. The van der Waals surface area contributed by atoms with E-state index in [1.807, 2.05) is 36.6 Å². The van der Waals surface area contributed by atoms with Crippen LogP contribution in [0.4, 0.5) is 0 Å². The average Bonchev–Trinajstić information content (AvgIpc) is 3.35. The summed E-state index contributed by atoms with van der Waals surface area (Å²) in [6, 6.07) is 4.03. The number of carbonyl (C=O) groups excluding carboxylic acids is 1. The number of aryl methyl sites for hydroxylation is 1. The summed E-state index contributed by atoms with van der Waals surface area (Å²) in [5.74, 6) is 3.02. The van der Waals surface area contributed by atoms with Crippen LogP contribution in [-0.4, -0.2) is 27.9 Å². The van der Waals surface area contributed by atoms with Crippen molar-refractivity contribution >= 4 is 11.6 Å². The molecule has 2 aromatic heterocycles. The van der Waals surface area contributed by atoms with E-state index < -0.39 is 0 Å². The highest BCUT2D eigenvalue weighted by molar-refractivity contribution is 5.95. The molecule has 2 saturated carbocycles. The van der Waals surface area contributed by atoms with Gasteiger partial charge in [-0.2, -0.15) is 0 Å². The first-order valence-electron chi connectivity index (χ1n) is 10.1. The third-order valence-electron chi connectivity index (χ3n) is 6.33. The van der Waals surface area contributed by atoms with Gasteiger partial charge in [-0.05, 0) is 69.4 Å². The van der Waals surface area contributed by atoms with Crippen LogP contribution in [0.1, 0.15) is 62.6 Å². The maximum absolute atomic E-state index is 13.1. The molecule has 140 valence electrons. The van der Waals surface area contributed by atoms with Gasteiger partial charge >= 0.3 is 0 Å². The van der Waals surface area contributed by atoms with Crippen LogP contribution >= 0.6 is 0 Å². The summed E-state index contributed by atoms with van der Waals surface area (Å²) in [6.45, 7) is 6.75. The molecule has 2 aromatic rings. The monoisotopic (exact) mass is 355 g/mol. The van der Waals surface area contributed by atoms with E-state index in [4.69, 9.17) is 9.72 Å². The first-order valence-corrected chi connectivity index (χ1v) is 10.1. The lowest BCUT2D eigenvalue weighted by Gasteiger charge is -2.28. The topological polar surface area (TPSA) is 55.6 Å². The number of ether oxygens (including phenoxy) is 1. The van der Waals surface area contributed by atoms with E-state index in [-0.39, 0.29) is 11.9 Å². The Balaban J connectivity index is 1.60. The number of fused-ring (bicyclic) bond motifs is 3. The lowest BCUT2D eigenvalue weighted by molar-refractivity contribution is 0.0908. The summed E-state index contributed by atoms with van der Waals surface area (Å²) in [4.78, 5) is 17.8. The number of aromatic nitrogens is 2. The zero-order chi connectivity index (χ0) is 18.3. The van der Waals surface area contributed by atoms with Crippen molar-refractivity contribution in [1.29, 1.82) is 0 Å². The summed E-state index contributed by atoms with van der Waals surface area (Å²) in [6.07, 6.45) is 7.98. The van der Waals surface area contributed by atoms with E-state index in [1.54, 1.807) is 0 Å². The predicted molar refractivity (Wildman–Crippen MR) is 102 cm³/mol. The number of nitrogens with one attached hydrogen (secondary N) is 1. The third-order valence-corrected chi connectivity index (χ3v) is 6.33. The van der Waals surface area contributed by atoms with E-state index in [0.717, 1.165) is 35.3 Å². The van der Waals surface area contributed by atoms with E-state index in [0.29, 0.717) is 18.2 Å². The second kappa shape index (κ2) is 6.93. The fourth-order valence-corrected chi connectivity index (χ4v) is 5.13. The number of nitrogens with zero attached hydrogens (tertiary/aromatic N) is 2. The van der Waals surface area contributed by atoms with Crippen LogP contribution in [-0.2, 0) is 6.42 Å². The molecule has 26 heavy (non-hydrogen) atoms. The molecule has 5 heteroatoms. The van der Waals surface area contributed by atoms with Gasteiger partial charge in [0, 0.05) is 12.2 Å². The number of carbonyl (C=O) groups is 1. The Morgan fingerprint density at radius 1 is 1.38 bits per heavy atom. The van der Waals surface area contributed by atoms with Crippen LogP contribution in [0.15, 0.2) is 18.3 Å². The minimum atomic E-state index is -0.0155. The highest BCUT2D eigenvalue weighted by atomic mass is 16.5. The molecule has 0 radical (unpaired) electrons. The van der Waals surface area contributed by atoms with E-state index in [9.17, 15) is 4.79 Å². The molecule has 2 aliphatic rings. The molecule has 2 heterocycles. The van der Waals surface area contributed by atoms with Crippen molar-refractivity contribution in [3.8, 4) is 5.75 Å². The lowest BCUT2D eigenvalue weighted by atomic mass is 9.84. The molecule has 5 nitrogen and oxygen atoms in total. The molecule has 0 spiro atoms. The van der Waals surface area contributed by atoms with Crippen molar-refractivity contribution in [2.75, 3.05) is 6.61 Å². The number of pyridine rings is 1. The molecule has 4 rings (SSSR count). The zero-order valence-corrected chi connectivity index (χ0v) is 16.0. The minimum absolute atomic E-state index is 0.0155. The molecule has 2 aliphatic carbocycles. The minimum Gasteiger partial charge on any atom is -0.490 e. The maximum atomic E-state index is 13.1. The molecule has 0 aliphatic heterocycles. The first-order chi connectivity index (χ1) is 12.6. The second-order valence-corrected chi connectivity index (χ2v) is 7.86. The van der Waals surface area contributed by atoms with Gasteiger partial charge in [-0.15, -0.1) is 0 Å². The van der Waals surface area contributed by atoms with Gasteiger partial charge in [-0.3, -0.25) is 9.20 Å². The largest absolute Gasteiger partial charge is 0.490 e. The molecule has 0 aromatic carbocycles. The van der Waals surface area contributed by atoms with Crippen molar-refractivity contribution in [3.63, 3.8) is 0 Å². The van der Waals surface area contributed by atoms with E-state index in [1.165, 1.54) is 25.7 Å². The summed E-state index contributed by atoms with van der Waals surface area (Å²) < 4.78 is 7.57. The quantitative estimate of drug-likeness (QED) is 0.856. The smallest absolute Gasteiger partial charge is 0.270 e. The molecule has 4 atom stereocenters. The van der Waals surface area contributed by atoms with Crippen molar-refractivity contribution < 1.29 is 9.53 Å². The number of rotatable bonds is 6. The number of imidazole rings is 1. The standard InChI is InChI=1S/C21H29N3O2/c1-4-17-19(24-10-6-7-18(26-5-2)20(24)23-17)21(25)22-13(3)16-12-14-8-9-15(16)11-14/h6-7,10,13-16H,4-5,8-9,11-12H2,1-3H3,(H,22,25). The van der Waals surface area contributed by atoms with Crippen molar-refractivity contribution in [2.24, 2.45) is 17.8 Å². The normalized spacial score (nSPS) is 25.6. The van der Waals surface area contributed by atoms with Gasteiger partial charge in [-0.25, -0.2) is 4.98 Å². The maximum Gasteiger partial charge on any atom is 0.270 e. The van der Waals surface area contributed by atoms with Crippen LogP contribution in [0.25, 0.3) is 5.65 Å². The molecular formula is C21H29N3O2. The number of hydrogen-bond acceptors (Lipinski definition) is 3. The van der Waals surface area contributed by atoms with Gasteiger partial charge in [0.05, 0.1) is 12.3 Å². The van der Waals surface area contributed by atoms with Crippen LogP contribution in [0.3, 0.4) is 0 Å². The van der Waals surface area contributed by atoms with Gasteiger partial charge in [0.2, 0.25) is 0 Å². The average molecular weight is 355 g/mol. The van der Waals surface area contributed by atoms with Crippen LogP contribution < -0.4 is 10.1 Å². The second-order valence-electron chi connectivity index (χ2n) is 7.86. The van der Waals surface area contributed by atoms with Crippen LogP contribution in [0, 0.1) is 17.8 Å². The SMILES string of the molecule is CCOc1cccn2c(C(=O)NC(C)C3CC4CCC3C4)c(CC)nc12. The summed E-state index contributed by atoms with van der Waals surface area (Å²) in [7, 11) is 0. The predicted octanol–water partition coefficient (Wildman–Crippen LogP) is 3.85. The fraction of sp³-hybridized carbons (Fsp3) is 0.619. The zero-order valence-electron chi connectivity index (χ0n) is 16.0. The van der Waals surface area contributed by atoms with Gasteiger partial charge < -0.3 is 10.1 Å². The molecule has 1 N–H and O–H groups in total. The third kappa shape index (κ3) is 2.87. The molecule has 2 bridgehead atoms. The van der Waals surface area contributed by atoms with Crippen molar-refractivity contribution in [3.05, 3.63) is 29.7 Å². The molecule has 0 saturated heterocycles. The Labute approximate surface area is 155 Å². The number of amides is 1. The Bertz CT molecular complexity index is 813. The van der Waals surface area contributed by atoms with Crippen LogP contribution in [0.2, 0.25) is 0 Å². The Morgan fingerprint density at radius 3 is 2.88 bits per heavy atom. The van der Waals surface area contributed by atoms with E-state index >= 15 is 0 Å². The van der Waals surface area contributed by atoms with Crippen molar-refractivity contribution in [2.45, 2.75) is 58.9 Å². The molecule has 2 fully saturated rings. The highest BCUT2D eigenvalue weighted by Gasteiger charge is 2.42. The Morgan fingerprint density at radius 2 is 2.23 bits per heavy atom. The molecular weight excluding hydrogens is 326 g/mol.